The summed E-state index contributed by atoms with van der Waals surface area (Å²) in [6.07, 6.45) is 2.99. The van der Waals surface area contributed by atoms with Gasteiger partial charge in [0.25, 0.3) is 0 Å². The number of benzene rings is 1. The number of rotatable bonds is 2. The molecule has 0 radical (unpaired) electrons. The summed E-state index contributed by atoms with van der Waals surface area (Å²) in [5.41, 5.74) is 3.50. The molecule has 0 fully saturated rings. The van der Waals surface area contributed by atoms with E-state index in [1.54, 1.807) is 0 Å². The highest BCUT2D eigenvalue weighted by atomic mass is 32.2. The topological polar surface area (TPSA) is 37.8 Å². The standard InChI is InChI=1S/C13H13N3S/c1-2-4-11(5-3-1)15-13-14-8-10-9-17-7-6-12(10)16-13/h1-5,8H,6-7,9H2,(H,14,15,16). The van der Waals surface area contributed by atoms with Gasteiger partial charge in [-0.1, -0.05) is 18.2 Å². The van der Waals surface area contributed by atoms with Crippen molar-refractivity contribution in [3.8, 4) is 0 Å². The summed E-state index contributed by atoms with van der Waals surface area (Å²) < 4.78 is 0. The van der Waals surface area contributed by atoms with Gasteiger partial charge in [-0.25, -0.2) is 9.97 Å². The fourth-order valence-electron chi connectivity index (χ4n) is 1.84. The van der Waals surface area contributed by atoms with Crippen molar-refractivity contribution in [1.29, 1.82) is 0 Å². The van der Waals surface area contributed by atoms with Crippen LogP contribution in [0.4, 0.5) is 11.6 Å². The van der Waals surface area contributed by atoms with Gasteiger partial charge >= 0.3 is 0 Å². The number of nitrogens with one attached hydrogen (secondary N) is 1. The van der Waals surface area contributed by atoms with Crippen LogP contribution in [0.15, 0.2) is 36.5 Å². The lowest BCUT2D eigenvalue weighted by atomic mass is 10.2. The molecule has 86 valence electrons. The molecule has 0 atom stereocenters. The van der Waals surface area contributed by atoms with Crippen molar-refractivity contribution in [2.24, 2.45) is 0 Å². The minimum atomic E-state index is 0.696. The van der Waals surface area contributed by atoms with Crippen molar-refractivity contribution >= 4 is 23.4 Å². The summed E-state index contributed by atoms with van der Waals surface area (Å²) >= 11 is 1.95. The minimum absolute atomic E-state index is 0.696. The Hall–Kier alpha value is -1.55. The molecule has 3 rings (SSSR count). The van der Waals surface area contributed by atoms with Crippen molar-refractivity contribution in [3.05, 3.63) is 47.8 Å². The van der Waals surface area contributed by atoms with Gasteiger partial charge in [0.15, 0.2) is 0 Å². The molecule has 1 aliphatic heterocycles. The van der Waals surface area contributed by atoms with Gasteiger partial charge in [0.05, 0.1) is 5.69 Å². The molecule has 3 nitrogen and oxygen atoms in total. The molecule has 1 aromatic heterocycles. The summed E-state index contributed by atoms with van der Waals surface area (Å²) in [4.78, 5) is 8.92. The van der Waals surface area contributed by atoms with Gasteiger partial charge in [0, 0.05) is 23.2 Å². The lowest BCUT2D eigenvalue weighted by Crippen LogP contribution is -2.08. The van der Waals surface area contributed by atoms with E-state index in [0.717, 1.165) is 23.6 Å². The molecular formula is C13H13N3S. The summed E-state index contributed by atoms with van der Waals surface area (Å²) in [5.74, 6) is 2.90. The first-order valence-corrected chi connectivity index (χ1v) is 6.82. The molecule has 4 heteroatoms. The third kappa shape index (κ3) is 2.42. The molecule has 0 unspecified atom stereocenters. The maximum atomic E-state index is 4.57. The number of thioether (sulfide) groups is 1. The zero-order valence-electron chi connectivity index (χ0n) is 9.39. The van der Waals surface area contributed by atoms with Crippen LogP contribution in [0.3, 0.4) is 0 Å². The van der Waals surface area contributed by atoms with Gasteiger partial charge in [-0.05, 0) is 24.3 Å². The van der Waals surface area contributed by atoms with E-state index >= 15 is 0 Å². The summed E-state index contributed by atoms with van der Waals surface area (Å²) in [5, 5.41) is 3.22. The van der Waals surface area contributed by atoms with Gasteiger partial charge in [-0.3, -0.25) is 0 Å². The SMILES string of the molecule is c1ccc(Nc2ncc3c(n2)CCSC3)cc1. The van der Waals surface area contributed by atoms with Crippen molar-refractivity contribution in [2.45, 2.75) is 12.2 Å². The molecule has 0 amide bonds. The first-order chi connectivity index (χ1) is 8.42. The van der Waals surface area contributed by atoms with Gasteiger partial charge in [-0.15, -0.1) is 0 Å². The third-order valence-electron chi connectivity index (χ3n) is 2.72. The van der Waals surface area contributed by atoms with Crippen LogP contribution in [0, 0.1) is 0 Å². The van der Waals surface area contributed by atoms with E-state index in [4.69, 9.17) is 0 Å². The van der Waals surface area contributed by atoms with Crippen molar-refractivity contribution in [1.82, 2.24) is 9.97 Å². The van der Waals surface area contributed by atoms with Crippen molar-refractivity contribution in [3.63, 3.8) is 0 Å². The van der Waals surface area contributed by atoms with Gasteiger partial charge in [0.1, 0.15) is 0 Å². The summed E-state index contributed by atoms with van der Waals surface area (Å²) in [7, 11) is 0. The highest BCUT2D eigenvalue weighted by molar-refractivity contribution is 7.98. The van der Waals surface area contributed by atoms with Gasteiger partial charge < -0.3 is 5.32 Å². The number of hydrogen-bond donors (Lipinski definition) is 1. The number of aromatic nitrogens is 2. The predicted octanol–water partition coefficient (Wildman–Crippen LogP) is 3.01. The maximum absolute atomic E-state index is 4.57. The van der Waals surface area contributed by atoms with Gasteiger partial charge in [0.2, 0.25) is 5.95 Å². The quantitative estimate of drug-likeness (QED) is 0.880. The van der Waals surface area contributed by atoms with E-state index in [-0.39, 0.29) is 0 Å². The second-order valence-corrected chi connectivity index (χ2v) is 5.06. The Bertz CT molecular complexity index is 513. The molecule has 1 N–H and O–H groups in total. The van der Waals surface area contributed by atoms with E-state index in [0.29, 0.717) is 5.95 Å². The zero-order chi connectivity index (χ0) is 11.5. The van der Waals surface area contributed by atoms with E-state index in [1.807, 2.05) is 48.3 Å². The Morgan fingerprint density at radius 2 is 2.06 bits per heavy atom. The Morgan fingerprint density at radius 1 is 1.18 bits per heavy atom. The van der Waals surface area contributed by atoms with Crippen LogP contribution in [-0.2, 0) is 12.2 Å². The third-order valence-corrected chi connectivity index (χ3v) is 3.73. The number of hydrogen-bond acceptors (Lipinski definition) is 4. The zero-order valence-corrected chi connectivity index (χ0v) is 10.2. The molecule has 1 aliphatic rings. The fourth-order valence-corrected chi connectivity index (χ4v) is 2.78. The Labute approximate surface area is 105 Å². The van der Waals surface area contributed by atoms with Crippen LogP contribution >= 0.6 is 11.8 Å². The number of para-hydroxylation sites is 1. The van der Waals surface area contributed by atoms with Crippen LogP contribution in [0.5, 0.6) is 0 Å². The molecule has 17 heavy (non-hydrogen) atoms. The Kier molecular flexibility index (Phi) is 2.96. The first-order valence-electron chi connectivity index (χ1n) is 5.66. The first kappa shape index (κ1) is 10.6. The van der Waals surface area contributed by atoms with E-state index in [9.17, 15) is 0 Å². The Balaban J connectivity index is 1.84. The molecule has 0 saturated heterocycles. The minimum Gasteiger partial charge on any atom is -0.324 e. The van der Waals surface area contributed by atoms with Crippen LogP contribution in [0.2, 0.25) is 0 Å². The normalized spacial score (nSPS) is 14.1. The van der Waals surface area contributed by atoms with E-state index < -0.39 is 0 Å². The molecule has 0 saturated carbocycles. The molecule has 2 aromatic rings. The summed E-state index contributed by atoms with van der Waals surface area (Å²) in [6.45, 7) is 0. The number of nitrogens with zero attached hydrogens (tertiary/aromatic N) is 2. The smallest absolute Gasteiger partial charge is 0.227 e. The average Bonchev–Trinajstić information content (AvgIpc) is 2.40. The predicted molar refractivity (Wildman–Crippen MR) is 71.6 cm³/mol. The van der Waals surface area contributed by atoms with Crippen LogP contribution in [0.1, 0.15) is 11.3 Å². The lowest BCUT2D eigenvalue weighted by Gasteiger charge is -2.14. The highest BCUT2D eigenvalue weighted by Crippen LogP contribution is 2.23. The molecule has 2 heterocycles. The average molecular weight is 243 g/mol. The summed E-state index contributed by atoms with van der Waals surface area (Å²) in [6, 6.07) is 10.0. The second kappa shape index (κ2) is 4.75. The van der Waals surface area contributed by atoms with Crippen LogP contribution in [-0.4, -0.2) is 15.7 Å². The fraction of sp³-hybridized carbons (Fsp3) is 0.231. The maximum Gasteiger partial charge on any atom is 0.227 e. The van der Waals surface area contributed by atoms with Crippen LogP contribution < -0.4 is 5.32 Å². The Morgan fingerprint density at radius 3 is 2.94 bits per heavy atom. The molecule has 0 bridgehead atoms. The number of fused-ring (bicyclic) bond motifs is 1. The van der Waals surface area contributed by atoms with E-state index in [2.05, 4.69) is 15.3 Å². The number of aryl methyl sites for hydroxylation is 1. The highest BCUT2D eigenvalue weighted by Gasteiger charge is 2.12. The lowest BCUT2D eigenvalue weighted by molar-refractivity contribution is 0.960. The molecular weight excluding hydrogens is 230 g/mol. The van der Waals surface area contributed by atoms with Crippen LogP contribution in [0.25, 0.3) is 0 Å². The van der Waals surface area contributed by atoms with Crippen molar-refractivity contribution < 1.29 is 0 Å². The molecule has 0 aliphatic carbocycles. The molecule has 0 spiro atoms. The number of anilines is 2. The monoisotopic (exact) mass is 243 g/mol. The second-order valence-electron chi connectivity index (χ2n) is 3.96. The molecule has 1 aromatic carbocycles. The van der Waals surface area contributed by atoms with E-state index in [1.165, 1.54) is 11.3 Å². The largest absolute Gasteiger partial charge is 0.324 e. The van der Waals surface area contributed by atoms with Gasteiger partial charge in [-0.2, -0.15) is 11.8 Å². The van der Waals surface area contributed by atoms with Crippen molar-refractivity contribution in [2.75, 3.05) is 11.1 Å².